The molecule has 2 fully saturated rings. The molecule has 1 aliphatic carbocycles. The summed E-state index contributed by atoms with van der Waals surface area (Å²) >= 11 is 6.15. The summed E-state index contributed by atoms with van der Waals surface area (Å²) in [5.74, 6) is 0.672. The zero-order valence-corrected chi connectivity index (χ0v) is 17.1. The van der Waals surface area contributed by atoms with Crippen LogP contribution in [0.1, 0.15) is 62.5 Å². The van der Waals surface area contributed by atoms with Crippen molar-refractivity contribution in [1.82, 2.24) is 10.2 Å². The molecule has 5 heteroatoms. The second-order valence-electron chi connectivity index (χ2n) is 8.09. The van der Waals surface area contributed by atoms with Gasteiger partial charge < -0.3 is 10.2 Å². The lowest BCUT2D eigenvalue weighted by Crippen LogP contribution is -2.48. The SMILES string of the molecule is Cc1ccc(CCC(=O)NC2CCN(C(=O)C3CCCCC3)CC2)cc1Cl. The van der Waals surface area contributed by atoms with Gasteiger partial charge in [0.1, 0.15) is 0 Å². The van der Waals surface area contributed by atoms with Gasteiger partial charge in [-0.25, -0.2) is 0 Å². The van der Waals surface area contributed by atoms with Gasteiger partial charge >= 0.3 is 0 Å². The molecule has 3 rings (SSSR count). The Labute approximate surface area is 167 Å². The molecular weight excluding hydrogens is 360 g/mol. The van der Waals surface area contributed by atoms with Crippen molar-refractivity contribution in [3.8, 4) is 0 Å². The topological polar surface area (TPSA) is 49.4 Å². The Morgan fingerprint density at radius 2 is 1.81 bits per heavy atom. The molecule has 0 bridgehead atoms. The smallest absolute Gasteiger partial charge is 0.225 e. The molecule has 0 unspecified atom stereocenters. The highest BCUT2D eigenvalue weighted by Crippen LogP contribution is 2.26. The average molecular weight is 391 g/mol. The van der Waals surface area contributed by atoms with Crippen molar-refractivity contribution in [2.75, 3.05) is 13.1 Å². The van der Waals surface area contributed by atoms with Gasteiger partial charge in [-0.05, 0) is 56.2 Å². The van der Waals surface area contributed by atoms with Gasteiger partial charge in [0.2, 0.25) is 11.8 Å². The zero-order valence-electron chi connectivity index (χ0n) is 16.3. The summed E-state index contributed by atoms with van der Waals surface area (Å²) in [7, 11) is 0. The van der Waals surface area contributed by atoms with Crippen molar-refractivity contribution >= 4 is 23.4 Å². The molecule has 2 amide bonds. The Morgan fingerprint density at radius 3 is 2.48 bits per heavy atom. The number of hydrogen-bond donors (Lipinski definition) is 1. The molecule has 0 aromatic heterocycles. The minimum atomic E-state index is 0.0868. The van der Waals surface area contributed by atoms with Crippen molar-refractivity contribution in [2.45, 2.75) is 70.8 Å². The van der Waals surface area contributed by atoms with Crippen LogP contribution in [-0.2, 0) is 16.0 Å². The molecule has 0 spiro atoms. The van der Waals surface area contributed by atoms with E-state index in [0.717, 1.165) is 54.9 Å². The fraction of sp³-hybridized carbons (Fsp3) is 0.636. The lowest BCUT2D eigenvalue weighted by Gasteiger charge is -2.35. The van der Waals surface area contributed by atoms with Crippen LogP contribution >= 0.6 is 11.6 Å². The summed E-state index contributed by atoms with van der Waals surface area (Å²) in [6.07, 6.45) is 8.65. The fourth-order valence-corrected chi connectivity index (χ4v) is 4.40. The highest BCUT2D eigenvalue weighted by molar-refractivity contribution is 6.31. The summed E-state index contributed by atoms with van der Waals surface area (Å²) in [6, 6.07) is 6.16. The molecule has 1 aromatic carbocycles. The van der Waals surface area contributed by atoms with Gasteiger partial charge in [-0.15, -0.1) is 0 Å². The summed E-state index contributed by atoms with van der Waals surface area (Å²) < 4.78 is 0. The van der Waals surface area contributed by atoms with Gasteiger partial charge in [0.15, 0.2) is 0 Å². The van der Waals surface area contributed by atoms with Crippen LogP contribution in [0.5, 0.6) is 0 Å². The lowest BCUT2D eigenvalue weighted by molar-refractivity contribution is -0.137. The molecule has 1 saturated carbocycles. The molecule has 1 heterocycles. The number of halogens is 1. The maximum Gasteiger partial charge on any atom is 0.225 e. The number of amides is 2. The van der Waals surface area contributed by atoms with Gasteiger partial charge in [0.05, 0.1) is 0 Å². The number of benzene rings is 1. The van der Waals surface area contributed by atoms with Crippen molar-refractivity contribution < 1.29 is 9.59 Å². The number of nitrogens with zero attached hydrogens (tertiary/aromatic N) is 1. The quantitative estimate of drug-likeness (QED) is 0.816. The molecule has 4 nitrogen and oxygen atoms in total. The van der Waals surface area contributed by atoms with Crippen LogP contribution in [0.3, 0.4) is 0 Å². The van der Waals surface area contributed by atoms with E-state index in [1.165, 1.54) is 19.3 Å². The molecule has 2 aliphatic rings. The van der Waals surface area contributed by atoms with Crippen LogP contribution in [0.2, 0.25) is 5.02 Å². The Kier molecular flexibility index (Phi) is 7.17. The number of piperidine rings is 1. The molecule has 1 aliphatic heterocycles. The number of likely N-dealkylation sites (tertiary alicyclic amines) is 1. The molecule has 1 N–H and O–H groups in total. The molecule has 27 heavy (non-hydrogen) atoms. The Hall–Kier alpha value is -1.55. The Balaban J connectivity index is 1.38. The van der Waals surface area contributed by atoms with E-state index in [0.29, 0.717) is 18.7 Å². The normalized spacial score (nSPS) is 19.1. The van der Waals surface area contributed by atoms with Crippen LogP contribution in [0.4, 0.5) is 0 Å². The maximum atomic E-state index is 12.6. The summed E-state index contributed by atoms with van der Waals surface area (Å²) in [5, 5.41) is 3.90. The largest absolute Gasteiger partial charge is 0.353 e. The third kappa shape index (κ3) is 5.71. The number of carbonyl (C=O) groups is 2. The highest BCUT2D eigenvalue weighted by Gasteiger charge is 2.29. The van der Waals surface area contributed by atoms with E-state index >= 15 is 0 Å². The third-order valence-electron chi connectivity index (χ3n) is 6.00. The molecule has 0 atom stereocenters. The van der Waals surface area contributed by atoms with Gasteiger partial charge in [-0.1, -0.05) is 43.0 Å². The Bertz CT molecular complexity index is 662. The Morgan fingerprint density at radius 1 is 1.11 bits per heavy atom. The molecule has 1 aromatic rings. The highest BCUT2D eigenvalue weighted by atomic mass is 35.5. The van der Waals surface area contributed by atoms with E-state index in [1.54, 1.807) is 0 Å². The van der Waals surface area contributed by atoms with E-state index in [2.05, 4.69) is 5.32 Å². The summed E-state index contributed by atoms with van der Waals surface area (Å²) in [6.45, 7) is 3.52. The van der Waals surface area contributed by atoms with Crippen LogP contribution in [0.15, 0.2) is 18.2 Å². The van der Waals surface area contributed by atoms with E-state index in [9.17, 15) is 9.59 Å². The molecular formula is C22H31ClN2O2. The number of rotatable bonds is 5. The first-order valence-corrected chi connectivity index (χ1v) is 10.7. The van der Waals surface area contributed by atoms with Gasteiger partial charge in [0.25, 0.3) is 0 Å². The predicted molar refractivity (Wildman–Crippen MR) is 109 cm³/mol. The second-order valence-corrected chi connectivity index (χ2v) is 8.49. The minimum Gasteiger partial charge on any atom is -0.353 e. The van der Waals surface area contributed by atoms with E-state index in [4.69, 9.17) is 11.6 Å². The van der Waals surface area contributed by atoms with Crippen LogP contribution in [-0.4, -0.2) is 35.8 Å². The number of nitrogens with one attached hydrogen (secondary N) is 1. The van der Waals surface area contributed by atoms with Crippen molar-refractivity contribution in [3.05, 3.63) is 34.3 Å². The monoisotopic (exact) mass is 390 g/mol. The number of carbonyl (C=O) groups excluding carboxylic acids is 2. The summed E-state index contributed by atoms with van der Waals surface area (Å²) in [4.78, 5) is 26.9. The first kappa shape index (κ1) is 20.2. The molecule has 0 radical (unpaired) electrons. The first-order chi connectivity index (χ1) is 13.0. The van der Waals surface area contributed by atoms with Crippen molar-refractivity contribution in [1.29, 1.82) is 0 Å². The number of aryl methyl sites for hydroxylation is 2. The fourth-order valence-electron chi connectivity index (χ4n) is 4.20. The van der Waals surface area contributed by atoms with Crippen molar-refractivity contribution in [2.24, 2.45) is 5.92 Å². The first-order valence-electron chi connectivity index (χ1n) is 10.4. The van der Waals surface area contributed by atoms with Crippen LogP contribution in [0, 0.1) is 12.8 Å². The lowest BCUT2D eigenvalue weighted by atomic mass is 9.87. The zero-order chi connectivity index (χ0) is 19.2. The van der Waals surface area contributed by atoms with Crippen LogP contribution in [0.25, 0.3) is 0 Å². The van der Waals surface area contributed by atoms with Crippen molar-refractivity contribution in [3.63, 3.8) is 0 Å². The summed E-state index contributed by atoms with van der Waals surface area (Å²) in [5.41, 5.74) is 2.15. The number of hydrogen-bond acceptors (Lipinski definition) is 2. The second kappa shape index (κ2) is 9.59. The van der Waals surface area contributed by atoms with Gasteiger partial charge in [0, 0.05) is 36.5 Å². The van der Waals surface area contributed by atoms with E-state index in [-0.39, 0.29) is 17.9 Å². The van der Waals surface area contributed by atoms with E-state index in [1.807, 2.05) is 30.0 Å². The van der Waals surface area contributed by atoms with Gasteiger partial charge in [-0.2, -0.15) is 0 Å². The van der Waals surface area contributed by atoms with Gasteiger partial charge in [-0.3, -0.25) is 9.59 Å². The standard InChI is InChI=1S/C22H31ClN2O2/c1-16-7-8-17(15-20(16)23)9-10-21(26)24-19-11-13-25(14-12-19)22(27)18-5-3-2-4-6-18/h7-8,15,18-19H,2-6,9-14H2,1H3,(H,24,26). The third-order valence-corrected chi connectivity index (χ3v) is 6.41. The van der Waals surface area contributed by atoms with E-state index < -0.39 is 0 Å². The molecule has 1 saturated heterocycles. The minimum absolute atomic E-state index is 0.0868. The predicted octanol–water partition coefficient (Wildman–Crippen LogP) is 4.27. The van der Waals surface area contributed by atoms with Crippen LogP contribution < -0.4 is 5.32 Å². The average Bonchev–Trinajstić information content (AvgIpc) is 2.69. The maximum absolute atomic E-state index is 12.6. The molecule has 148 valence electrons.